The fourth-order valence-electron chi connectivity index (χ4n) is 2.75. The number of ether oxygens (including phenoxy) is 1. The Morgan fingerprint density at radius 1 is 1.17 bits per heavy atom. The molecule has 0 saturated carbocycles. The molecule has 2 rings (SSSR count). The number of phenolic OH excluding ortho intramolecular Hbond substituents is 2. The minimum Gasteiger partial charge on any atom is -0.507 e. The maximum Gasteiger partial charge on any atom is 0.418 e. The number of amides is 1. The molecule has 1 unspecified atom stereocenters. The zero-order valence-electron chi connectivity index (χ0n) is 12.9. The number of carbonyl (C=O) groups excluding carboxylic acids is 1. The molecule has 1 amide bonds. The van der Waals surface area contributed by atoms with E-state index in [4.69, 9.17) is 4.74 Å². The van der Waals surface area contributed by atoms with Crippen LogP contribution in [0, 0.1) is 0 Å². The van der Waals surface area contributed by atoms with Gasteiger partial charge in [0.05, 0.1) is 12.1 Å². The Morgan fingerprint density at radius 3 is 2.17 bits per heavy atom. The van der Waals surface area contributed by atoms with Crippen LogP contribution >= 0.6 is 0 Å². The van der Waals surface area contributed by atoms with Gasteiger partial charge < -0.3 is 19.8 Å². The third-order valence-corrected chi connectivity index (χ3v) is 3.69. The van der Waals surface area contributed by atoms with Crippen molar-refractivity contribution in [3.63, 3.8) is 0 Å². The van der Waals surface area contributed by atoms with Crippen LogP contribution in [0.1, 0.15) is 31.1 Å². The first-order chi connectivity index (χ1) is 10.4. The first-order valence-corrected chi connectivity index (χ1v) is 6.93. The molecule has 128 valence electrons. The third-order valence-electron chi connectivity index (χ3n) is 3.69. The van der Waals surface area contributed by atoms with Crippen LogP contribution in [0.4, 0.5) is 13.2 Å². The van der Waals surface area contributed by atoms with Crippen LogP contribution in [-0.4, -0.2) is 51.5 Å². The van der Waals surface area contributed by atoms with Crippen LogP contribution in [0.3, 0.4) is 0 Å². The maximum atomic E-state index is 13.3. The van der Waals surface area contributed by atoms with Crippen molar-refractivity contribution in [2.24, 2.45) is 0 Å². The quantitative estimate of drug-likeness (QED) is 0.829. The molecular weight excluding hydrogens is 315 g/mol. The van der Waals surface area contributed by atoms with E-state index in [2.05, 4.69) is 0 Å². The molecule has 8 heteroatoms. The molecular formula is C15H18F3NO4. The number of alkyl halides is 3. The zero-order valence-corrected chi connectivity index (χ0v) is 12.9. The fraction of sp³-hybridized carbons (Fsp3) is 0.533. The van der Waals surface area contributed by atoms with Crippen LogP contribution in [0.15, 0.2) is 18.2 Å². The normalized spacial score (nSPS) is 24.5. The predicted molar refractivity (Wildman–Crippen MR) is 75.3 cm³/mol. The first-order valence-electron chi connectivity index (χ1n) is 6.93. The number of halogens is 3. The van der Waals surface area contributed by atoms with Gasteiger partial charge in [0, 0.05) is 6.54 Å². The Labute approximate surface area is 131 Å². The average Bonchev–Trinajstić information content (AvgIpc) is 2.34. The van der Waals surface area contributed by atoms with Gasteiger partial charge in [-0.3, -0.25) is 4.79 Å². The first kappa shape index (κ1) is 17.4. The second-order valence-corrected chi connectivity index (χ2v) is 6.42. The number of nitrogens with zero attached hydrogens (tertiary/aromatic N) is 1. The van der Waals surface area contributed by atoms with Crippen LogP contribution < -0.4 is 0 Å². The molecule has 0 aliphatic carbocycles. The highest BCUT2D eigenvalue weighted by Crippen LogP contribution is 2.41. The van der Waals surface area contributed by atoms with Crippen molar-refractivity contribution in [1.29, 1.82) is 0 Å². The number of aromatic hydroxyl groups is 2. The predicted octanol–water partition coefficient (Wildman–Crippen LogP) is 2.67. The smallest absolute Gasteiger partial charge is 0.418 e. The molecule has 5 nitrogen and oxygen atoms in total. The third kappa shape index (κ3) is 3.21. The lowest BCUT2D eigenvalue weighted by atomic mass is 9.95. The van der Waals surface area contributed by atoms with Crippen molar-refractivity contribution in [2.75, 3.05) is 13.1 Å². The summed E-state index contributed by atoms with van der Waals surface area (Å²) in [5.74, 6) is -1.87. The summed E-state index contributed by atoms with van der Waals surface area (Å²) in [6, 6.07) is 3.69. The number of benzene rings is 1. The van der Waals surface area contributed by atoms with Crippen molar-refractivity contribution in [3.05, 3.63) is 23.8 Å². The molecule has 1 fully saturated rings. The zero-order chi connectivity index (χ0) is 17.6. The molecule has 0 aromatic heterocycles. The second kappa shape index (κ2) is 5.30. The second-order valence-electron chi connectivity index (χ2n) is 6.42. The van der Waals surface area contributed by atoms with E-state index in [9.17, 15) is 28.2 Å². The van der Waals surface area contributed by atoms with Gasteiger partial charge >= 0.3 is 6.18 Å². The lowest BCUT2D eigenvalue weighted by Crippen LogP contribution is -2.65. The van der Waals surface area contributed by atoms with Gasteiger partial charge in [-0.15, -0.1) is 0 Å². The lowest BCUT2D eigenvalue weighted by Gasteiger charge is -2.48. The Hall–Kier alpha value is -1.96. The number of hydrogen-bond acceptors (Lipinski definition) is 4. The number of carbonyl (C=O) groups is 1. The monoisotopic (exact) mass is 333 g/mol. The SMILES string of the molecule is CC1(C)CN(C(=O)c2c(O)cccc2O)CC(C)(C(F)(F)F)O1. The molecule has 23 heavy (non-hydrogen) atoms. The van der Waals surface area contributed by atoms with Crippen molar-refractivity contribution < 1.29 is 32.9 Å². The summed E-state index contributed by atoms with van der Waals surface area (Å²) < 4.78 is 45.1. The Kier molecular flexibility index (Phi) is 4.00. The summed E-state index contributed by atoms with van der Waals surface area (Å²) in [6.45, 7) is 2.93. The summed E-state index contributed by atoms with van der Waals surface area (Å²) >= 11 is 0. The van der Waals surface area contributed by atoms with E-state index in [1.165, 1.54) is 32.0 Å². The molecule has 1 aliphatic heterocycles. The molecule has 0 bridgehead atoms. The highest BCUT2D eigenvalue weighted by molar-refractivity contribution is 5.99. The lowest BCUT2D eigenvalue weighted by molar-refractivity contribution is -0.318. The van der Waals surface area contributed by atoms with E-state index < -0.39 is 46.9 Å². The van der Waals surface area contributed by atoms with E-state index in [1.54, 1.807) is 0 Å². The summed E-state index contributed by atoms with van der Waals surface area (Å²) in [6.07, 6.45) is -4.68. The van der Waals surface area contributed by atoms with Gasteiger partial charge in [0.25, 0.3) is 5.91 Å². The summed E-state index contributed by atoms with van der Waals surface area (Å²) in [4.78, 5) is 13.5. The van der Waals surface area contributed by atoms with E-state index in [0.29, 0.717) is 0 Å². The fourth-order valence-corrected chi connectivity index (χ4v) is 2.75. The highest BCUT2D eigenvalue weighted by atomic mass is 19.4. The molecule has 1 atom stereocenters. The number of phenols is 2. The standard InChI is InChI=1S/C15H18F3NO4/c1-13(2)7-19(8-14(3,23-13)15(16,17)18)12(22)11-9(20)5-4-6-10(11)21/h4-6,20-21H,7-8H2,1-3H3. The van der Waals surface area contributed by atoms with Gasteiger partial charge in [-0.05, 0) is 32.9 Å². The maximum absolute atomic E-state index is 13.3. The van der Waals surface area contributed by atoms with E-state index >= 15 is 0 Å². The Morgan fingerprint density at radius 2 is 1.70 bits per heavy atom. The average molecular weight is 333 g/mol. The molecule has 1 aliphatic rings. The van der Waals surface area contributed by atoms with Gasteiger partial charge in [-0.25, -0.2) is 0 Å². The topological polar surface area (TPSA) is 70.0 Å². The number of rotatable bonds is 1. The van der Waals surface area contributed by atoms with Gasteiger partial charge in [0.15, 0.2) is 5.60 Å². The minimum absolute atomic E-state index is 0.106. The minimum atomic E-state index is -4.68. The van der Waals surface area contributed by atoms with Gasteiger partial charge in [-0.2, -0.15) is 13.2 Å². The van der Waals surface area contributed by atoms with E-state index in [-0.39, 0.29) is 6.54 Å². The summed E-state index contributed by atoms with van der Waals surface area (Å²) in [7, 11) is 0. The largest absolute Gasteiger partial charge is 0.507 e. The molecule has 0 radical (unpaired) electrons. The molecule has 1 heterocycles. The van der Waals surface area contributed by atoms with Crippen molar-refractivity contribution >= 4 is 5.91 Å². The van der Waals surface area contributed by atoms with Crippen LogP contribution in [0.2, 0.25) is 0 Å². The van der Waals surface area contributed by atoms with Gasteiger partial charge in [-0.1, -0.05) is 6.07 Å². The highest BCUT2D eigenvalue weighted by Gasteiger charge is 2.58. The van der Waals surface area contributed by atoms with E-state index in [0.717, 1.165) is 11.8 Å². The summed E-state index contributed by atoms with van der Waals surface area (Å²) in [5.41, 5.74) is -4.20. The molecule has 1 aromatic rings. The van der Waals surface area contributed by atoms with Crippen LogP contribution in [0.25, 0.3) is 0 Å². The Balaban J connectivity index is 2.41. The number of hydrogen-bond donors (Lipinski definition) is 2. The van der Waals surface area contributed by atoms with Crippen LogP contribution in [0.5, 0.6) is 11.5 Å². The van der Waals surface area contributed by atoms with Crippen molar-refractivity contribution in [1.82, 2.24) is 4.90 Å². The van der Waals surface area contributed by atoms with Crippen molar-refractivity contribution in [3.8, 4) is 11.5 Å². The van der Waals surface area contributed by atoms with E-state index in [1.807, 2.05) is 0 Å². The molecule has 0 spiro atoms. The summed E-state index contributed by atoms with van der Waals surface area (Å²) in [5, 5.41) is 19.5. The Bertz CT molecular complexity index is 609. The van der Waals surface area contributed by atoms with Crippen molar-refractivity contribution in [2.45, 2.75) is 38.1 Å². The number of morpholine rings is 1. The molecule has 1 saturated heterocycles. The van der Waals surface area contributed by atoms with Crippen LogP contribution in [-0.2, 0) is 4.74 Å². The van der Waals surface area contributed by atoms with Gasteiger partial charge in [0.1, 0.15) is 17.1 Å². The molecule has 2 N–H and O–H groups in total. The van der Waals surface area contributed by atoms with Gasteiger partial charge in [0.2, 0.25) is 0 Å². The molecule has 1 aromatic carbocycles.